The summed E-state index contributed by atoms with van der Waals surface area (Å²) in [5.74, 6) is 2.60. The molecule has 6 rings (SSSR count). The summed E-state index contributed by atoms with van der Waals surface area (Å²) in [6, 6.07) is 27.9. The van der Waals surface area contributed by atoms with Gasteiger partial charge in [0.2, 0.25) is 0 Å². The Labute approximate surface area is 229 Å². The fraction of sp³-hybridized carbons (Fsp3) is 0.194. The van der Waals surface area contributed by atoms with Crippen LogP contribution in [0.1, 0.15) is 26.3 Å². The van der Waals surface area contributed by atoms with E-state index in [0.29, 0.717) is 0 Å². The molecule has 0 amide bonds. The molecule has 2 aliphatic heterocycles. The van der Waals surface area contributed by atoms with Crippen molar-refractivity contribution in [3.63, 3.8) is 0 Å². The number of hydrogen-bond donors (Lipinski definition) is 0. The van der Waals surface area contributed by atoms with Gasteiger partial charge in [-0.25, -0.2) is 0 Å². The van der Waals surface area contributed by atoms with Crippen molar-refractivity contribution in [2.24, 2.45) is 0 Å². The molecule has 0 N–H and O–H groups in total. The third kappa shape index (κ3) is 4.80. The second kappa shape index (κ2) is 9.45. The first-order valence-electron chi connectivity index (χ1n) is 12.5. The van der Waals surface area contributed by atoms with Crippen LogP contribution in [0, 0.1) is 0 Å². The summed E-state index contributed by atoms with van der Waals surface area (Å²) >= 11 is -0.525. The fourth-order valence-electron chi connectivity index (χ4n) is 4.61. The van der Waals surface area contributed by atoms with Crippen LogP contribution >= 0.6 is 0 Å². The van der Waals surface area contributed by atoms with Gasteiger partial charge in [-0.1, -0.05) is 0 Å². The Hall–Kier alpha value is -3.46. The Morgan fingerprint density at radius 1 is 0.811 bits per heavy atom. The fourth-order valence-corrected chi connectivity index (χ4v) is 7.57. The molecule has 0 atom stereocenters. The Balaban J connectivity index is 1.38. The topological polar surface area (TPSA) is 31.8 Å². The molecule has 0 spiro atoms. The van der Waals surface area contributed by atoms with Gasteiger partial charge >= 0.3 is 230 Å². The number of para-hydroxylation sites is 1. The zero-order valence-electron chi connectivity index (χ0n) is 21.6. The summed E-state index contributed by atoms with van der Waals surface area (Å²) in [6.45, 7) is 7.56. The number of ether oxygens (including phenoxy) is 1. The van der Waals surface area contributed by atoms with E-state index in [9.17, 15) is 0 Å². The zero-order chi connectivity index (χ0) is 25.6. The Morgan fingerprint density at radius 3 is 2.43 bits per heavy atom. The minimum atomic E-state index is -0.525. The molecule has 6 heteroatoms. The average Bonchev–Trinajstić information content (AvgIpc) is 3.33. The van der Waals surface area contributed by atoms with Gasteiger partial charge in [-0.2, -0.15) is 0 Å². The van der Waals surface area contributed by atoms with E-state index in [1.54, 1.807) is 0 Å². The van der Waals surface area contributed by atoms with Crippen LogP contribution in [-0.4, -0.2) is 44.5 Å². The predicted molar refractivity (Wildman–Crippen MR) is 153 cm³/mol. The van der Waals surface area contributed by atoms with Crippen LogP contribution in [0.25, 0.3) is 0 Å². The van der Waals surface area contributed by atoms with E-state index in [-0.39, 0.29) is 5.41 Å². The molecule has 186 valence electrons. The van der Waals surface area contributed by atoms with Gasteiger partial charge in [-0.05, 0) is 0 Å². The second-order valence-corrected chi connectivity index (χ2v) is 13.5. The normalized spacial score (nSPS) is 14.5. The molecule has 0 saturated heterocycles. The maximum atomic E-state index is 6.42. The van der Waals surface area contributed by atoms with Gasteiger partial charge in [0, 0.05) is 0 Å². The zero-order valence-corrected chi connectivity index (χ0v) is 23.9. The van der Waals surface area contributed by atoms with Crippen molar-refractivity contribution in [1.82, 2.24) is 9.88 Å². The SMILES string of the molecule is CN1C=CN(c2cccc(Oc3ccc4c(c3)N(c3cc(C(C)(C)C)ccn3)c3ccccc3[Te]4)c2)C1. The minimum absolute atomic E-state index is 0.0410. The standard InChI is InChI=1S/C31H30N4OTe/c1-31(2,3)22-14-15-32-30(18-22)35-26-10-5-6-11-28(26)37-29-13-12-25(20-27(29)35)36-24-9-7-8-23(19-24)34-17-16-33(4)21-34/h5-20H,21H2,1-4H3. The second-order valence-electron chi connectivity index (χ2n) is 10.5. The summed E-state index contributed by atoms with van der Waals surface area (Å²) in [5, 5.41) is 0. The predicted octanol–water partition coefficient (Wildman–Crippen LogP) is 5.79. The maximum absolute atomic E-state index is 6.42. The van der Waals surface area contributed by atoms with Crippen LogP contribution in [0.3, 0.4) is 0 Å². The van der Waals surface area contributed by atoms with Gasteiger partial charge in [-0.15, -0.1) is 0 Å². The van der Waals surface area contributed by atoms with Crippen LogP contribution in [0.2, 0.25) is 0 Å². The van der Waals surface area contributed by atoms with Gasteiger partial charge in [0.15, 0.2) is 0 Å². The molecule has 3 aromatic carbocycles. The van der Waals surface area contributed by atoms with E-state index in [4.69, 9.17) is 9.72 Å². The van der Waals surface area contributed by atoms with Gasteiger partial charge in [0.25, 0.3) is 0 Å². The first-order valence-corrected chi connectivity index (χ1v) is 14.8. The molecule has 3 heterocycles. The average molecular weight is 602 g/mol. The van der Waals surface area contributed by atoms with Gasteiger partial charge in [0.05, 0.1) is 0 Å². The van der Waals surface area contributed by atoms with Crippen LogP contribution < -0.4 is 21.8 Å². The van der Waals surface area contributed by atoms with E-state index >= 15 is 0 Å². The molecule has 1 aromatic heterocycles. The molecular weight excluding hydrogens is 572 g/mol. The molecule has 37 heavy (non-hydrogen) atoms. The first kappa shape index (κ1) is 23.9. The van der Waals surface area contributed by atoms with Crippen LogP contribution in [0.15, 0.2) is 97.5 Å². The van der Waals surface area contributed by atoms with E-state index in [1.165, 1.54) is 18.5 Å². The van der Waals surface area contributed by atoms with Crippen molar-refractivity contribution in [1.29, 1.82) is 0 Å². The number of anilines is 4. The van der Waals surface area contributed by atoms with Crippen LogP contribution in [-0.2, 0) is 5.41 Å². The molecular formula is C31H30N4OTe. The number of hydrogen-bond acceptors (Lipinski definition) is 5. The van der Waals surface area contributed by atoms with Crippen molar-refractivity contribution in [2.45, 2.75) is 26.2 Å². The van der Waals surface area contributed by atoms with Crippen LogP contribution in [0.5, 0.6) is 11.5 Å². The summed E-state index contributed by atoms with van der Waals surface area (Å²) in [5.41, 5.74) is 4.81. The van der Waals surface area contributed by atoms with Crippen LogP contribution in [0.4, 0.5) is 22.9 Å². The summed E-state index contributed by atoms with van der Waals surface area (Å²) in [7, 11) is 2.07. The van der Waals surface area contributed by atoms with E-state index in [2.05, 4.69) is 122 Å². The molecule has 0 aliphatic carbocycles. The van der Waals surface area contributed by atoms with Gasteiger partial charge < -0.3 is 0 Å². The summed E-state index contributed by atoms with van der Waals surface area (Å²) in [4.78, 5) is 11.5. The number of fused-ring (bicyclic) bond motifs is 2. The molecule has 2 aliphatic rings. The van der Waals surface area contributed by atoms with Crippen molar-refractivity contribution in [2.75, 3.05) is 23.5 Å². The van der Waals surface area contributed by atoms with E-state index < -0.39 is 20.9 Å². The molecule has 0 unspecified atom stereocenters. The monoisotopic (exact) mass is 604 g/mol. The number of pyridine rings is 1. The number of nitrogens with zero attached hydrogens (tertiary/aromatic N) is 4. The third-order valence-corrected chi connectivity index (χ3v) is 9.83. The molecule has 0 fully saturated rings. The quantitative estimate of drug-likeness (QED) is 0.244. The van der Waals surface area contributed by atoms with Crippen molar-refractivity contribution < 1.29 is 4.74 Å². The Morgan fingerprint density at radius 2 is 1.62 bits per heavy atom. The van der Waals surface area contributed by atoms with Gasteiger partial charge in [0.1, 0.15) is 0 Å². The Kier molecular flexibility index (Phi) is 6.10. The number of benzene rings is 3. The number of rotatable bonds is 4. The third-order valence-electron chi connectivity index (χ3n) is 6.60. The summed E-state index contributed by atoms with van der Waals surface area (Å²) in [6.07, 6.45) is 6.10. The summed E-state index contributed by atoms with van der Waals surface area (Å²) < 4.78 is 9.24. The molecule has 4 aromatic rings. The number of aromatic nitrogens is 1. The van der Waals surface area contributed by atoms with E-state index in [1.807, 2.05) is 18.3 Å². The first-order chi connectivity index (χ1) is 17.8. The van der Waals surface area contributed by atoms with E-state index in [0.717, 1.165) is 35.4 Å². The molecule has 0 bridgehead atoms. The van der Waals surface area contributed by atoms with Crippen molar-refractivity contribution in [3.05, 3.63) is 103 Å². The Bertz CT molecular complexity index is 1490. The molecule has 5 nitrogen and oxygen atoms in total. The molecule has 0 radical (unpaired) electrons. The van der Waals surface area contributed by atoms with Crippen molar-refractivity contribution in [3.8, 4) is 11.5 Å². The van der Waals surface area contributed by atoms with Crippen molar-refractivity contribution >= 4 is 51.0 Å². The molecule has 0 saturated carbocycles. The van der Waals surface area contributed by atoms with Gasteiger partial charge in [-0.3, -0.25) is 0 Å².